The monoisotopic (exact) mass is 334 g/mol. The number of halogens is 3. The Bertz CT molecular complexity index is 661. The van der Waals surface area contributed by atoms with Gasteiger partial charge < -0.3 is 19.9 Å². The fourth-order valence-corrected chi connectivity index (χ4v) is 2.78. The van der Waals surface area contributed by atoms with Gasteiger partial charge in [-0.25, -0.2) is 4.98 Å². The molecule has 2 aromatic rings. The van der Waals surface area contributed by atoms with Crippen molar-refractivity contribution in [3.05, 3.63) is 17.8 Å². The molecule has 2 N–H and O–H groups in total. The van der Waals surface area contributed by atoms with Crippen molar-refractivity contribution in [3.8, 4) is 27.7 Å². The number of nitrogen functional groups attached to an aromatic ring is 1. The Labute approximate surface area is 128 Å². The smallest absolute Gasteiger partial charge is 0.434 e. The molecule has 1 aromatic heterocycles. The van der Waals surface area contributed by atoms with Crippen LogP contribution in [0.15, 0.2) is 12.1 Å². The predicted octanol–water partition coefficient (Wildman–Crippen LogP) is 3.44. The summed E-state index contributed by atoms with van der Waals surface area (Å²) in [6, 6.07) is 2.84. The second-order valence-electron chi connectivity index (χ2n) is 4.14. The second-order valence-corrected chi connectivity index (χ2v) is 5.17. The number of nitrogens with two attached hydrogens (primary N) is 1. The molecule has 0 fully saturated rings. The SMILES string of the molecule is COc1cc(-c2sc(N)nc2C(F)(F)F)cc(OC)c1OC. The third kappa shape index (κ3) is 2.89. The Hall–Kier alpha value is -2.16. The van der Waals surface area contributed by atoms with Gasteiger partial charge in [0.15, 0.2) is 22.3 Å². The lowest BCUT2D eigenvalue weighted by Gasteiger charge is -2.14. The van der Waals surface area contributed by atoms with Gasteiger partial charge in [-0.1, -0.05) is 11.3 Å². The van der Waals surface area contributed by atoms with Gasteiger partial charge in [-0.05, 0) is 12.1 Å². The maximum atomic E-state index is 13.1. The highest BCUT2D eigenvalue weighted by atomic mass is 32.1. The van der Waals surface area contributed by atoms with Gasteiger partial charge >= 0.3 is 6.18 Å². The number of anilines is 1. The van der Waals surface area contributed by atoms with Crippen LogP contribution >= 0.6 is 11.3 Å². The van der Waals surface area contributed by atoms with Crippen molar-refractivity contribution in [2.75, 3.05) is 27.1 Å². The van der Waals surface area contributed by atoms with Crippen molar-refractivity contribution in [2.24, 2.45) is 0 Å². The maximum Gasteiger partial charge on any atom is 0.434 e. The third-order valence-corrected chi connectivity index (χ3v) is 3.77. The minimum atomic E-state index is -4.61. The molecule has 120 valence electrons. The molecule has 0 unspecified atom stereocenters. The van der Waals surface area contributed by atoms with E-state index in [1.807, 2.05) is 0 Å². The van der Waals surface area contributed by atoms with Gasteiger partial charge in [-0.2, -0.15) is 13.2 Å². The van der Waals surface area contributed by atoms with Gasteiger partial charge in [0.1, 0.15) is 0 Å². The highest BCUT2D eigenvalue weighted by molar-refractivity contribution is 7.18. The van der Waals surface area contributed by atoms with E-state index in [2.05, 4.69) is 4.98 Å². The number of hydrogen-bond acceptors (Lipinski definition) is 6. The normalized spacial score (nSPS) is 11.4. The summed E-state index contributed by atoms with van der Waals surface area (Å²) < 4.78 is 54.6. The average Bonchev–Trinajstić information content (AvgIpc) is 2.87. The number of alkyl halides is 3. The second kappa shape index (κ2) is 5.91. The van der Waals surface area contributed by atoms with Gasteiger partial charge in [0.2, 0.25) is 5.75 Å². The van der Waals surface area contributed by atoms with E-state index in [0.717, 1.165) is 11.3 Å². The van der Waals surface area contributed by atoms with E-state index in [9.17, 15) is 13.2 Å². The minimum absolute atomic E-state index is 0.107. The Morgan fingerprint density at radius 1 is 1.05 bits per heavy atom. The standard InChI is InChI=1S/C13H13F3N2O3S/c1-19-7-4-6(5-8(20-2)9(7)21-3)10-11(13(14,15)16)18-12(17)22-10/h4-5H,1-3H3,(H2,17,18). The number of aromatic nitrogens is 1. The molecule has 0 saturated carbocycles. The van der Waals surface area contributed by atoms with E-state index in [1.54, 1.807) is 0 Å². The summed E-state index contributed by atoms with van der Waals surface area (Å²) in [5.41, 5.74) is 4.63. The van der Waals surface area contributed by atoms with Gasteiger partial charge in [-0.15, -0.1) is 0 Å². The number of nitrogens with zero attached hydrogens (tertiary/aromatic N) is 1. The fourth-order valence-electron chi connectivity index (χ4n) is 1.94. The van der Waals surface area contributed by atoms with Crippen molar-refractivity contribution in [1.29, 1.82) is 0 Å². The topological polar surface area (TPSA) is 66.6 Å². The number of rotatable bonds is 4. The molecular weight excluding hydrogens is 321 g/mol. The van der Waals surface area contributed by atoms with E-state index in [4.69, 9.17) is 19.9 Å². The minimum Gasteiger partial charge on any atom is -0.493 e. The number of benzene rings is 1. The van der Waals surface area contributed by atoms with Crippen molar-refractivity contribution in [3.63, 3.8) is 0 Å². The van der Waals surface area contributed by atoms with E-state index < -0.39 is 11.9 Å². The van der Waals surface area contributed by atoms with Gasteiger partial charge in [0.05, 0.1) is 26.2 Å². The highest BCUT2D eigenvalue weighted by Gasteiger charge is 2.38. The van der Waals surface area contributed by atoms with Gasteiger partial charge in [-0.3, -0.25) is 0 Å². The van der Waals surface area contributed by atoms with Crippen LogP contribution in [0.2, 0.25) is 0 Å². The zero-order valence-corrected chi connectivity index (χ0v) is 12.8. The van der Waals surface area contributed by atoms with Crippen LogP contribution in [0.3, 0.4) is 0 Å². The molecule has 0 spiro atoms. The Morgan fingerprint density at radius 2 is 1.59 bits per heavy atom. The molecule has 0 atom stereocenters. The first-order valence-corrected chi connectivity index (χ1v) is 6.77. The lowest BCUT2D eigenvalue weighted by atomic mass is 10.1. The maximum absolute atomic E-state index is 13.1. The Balaban J connectivity index is 2.68. The summed E-state index contributed by atoms with van der Waals surface area (Å²) in [6.07, 6.45) is -4.61. The van der Waals surface area contributed by atoms with Crippen molar-refractivity contribution in [1.82, 2.24) is 4.98 Å². The third-order valence-electron chi connectivity index (χ3n) is 2.84. The molecule has 0 aliphatic carbocycles. The summed E-state index contributed by atoms with van der Waals surface area (Å²) >= 11 is 0.741. The first kappa shape index (κ1) is 16.2. The Kier molecular flexibility index (Phi) is 4.36. The van der Waals surface area contributed by atoms with Crippen LogP contribution in [-0.2, 0) is 6.18 Å². The zero-order chi connectivity index (χ0) is 16.5. The zero-order valence-electron chi connectivity index (χ0n) is 11.9. The molecule has 0 amide bonds. The quantitative estimate of drug-likeness (QED) is 0.928. The molecule has 1 aromatic carbocycles. The van der Waals surface area contributed by atoms with E-state index >= 15 is 0 Å². The number of ether oxygens (including phenoxy) is 3. The van der Waals surface area contributed by atoms with Gasteiger partial charge in [0, 0.05) is 5.56 Å². The van der Waals surface area contributed by atoms with Crippen molar-refractivity contribution < 1.29 is 27.4 Å². The summed E-state index contributed by atoms with van der Waals surface area (Å²) in [5, 5.41) is -0.170. The van der Waals surface area contributed by atoms with Crippen LogP contribution in [0.1, 0.15) is 5.69 Å². The highest BCUT2D eigenvalue weighted by Crippen LogP contribution is 2.46. The number of thiazole rings is 1. The molecule has 1 heterocycles. The number of hydrogen-bond donors (Lipinski definition) is 1. The lowest BCUT2D eigenvalue weighted by Crippen LogP contribution is -2.07. The fraction of sp³-hybridized carbons (Fsp3) is 0.308. The van der Waals surface area contributed by atoms with Crippen LogP contribution in [0.25, 0.3) is 10.4 Å². The molecule has 0 radical (unpaired) electrons. The van der Waals surface area contributed by atoms with Crippen LogP contribution in [0.4, 0.5) is 18.3 Å². The van der Waals surface area contributed by atoms with Crippen LogP contribution < -0.4 is 19.9 Å². The van der Waals surface area contributed by atoms with E-state index in [0.29, 0.717) is 5.75 Å². The molecule has 0 saturated heterocycles. The molecule has 0 aliphatic rings. The largest absolute Gasteiger partial charge is 0.493 e. The lowest BCUT2D eigenvalue weighted by molar-refractivity contribution is -0.140. The molecule has 9 heteroatoms. The predicted molar refractivity (Wildman–Crippen MR) is 76.6 cm³/mol. The summed E-state index contributed by atoms with van der Waals surface area (Å²) in [6.45, 7) is 0. The molecule has 2 rings (SSSR count). The molecular formula is C13H13F3N2O3S. The van der Waals surface area contributed by atoms with Crippen molar-refractivity contribution in [2.45, 2.75) is 6.18 Å². The molecule has 5 nitrogen and oxygen atoms in total. The molecule has 0 aliphatic heterocycles. The summed E-state index contributed by atoms with van der Waals surface area (Å²) in [4.78, 5) is 3.26. The first-order valence-electron chi connectivity index (χ1n) is 5.95. The van der Waals surface area contributed by atoms with Crippen LogP contribution in [-0.4, -0.2) is 26.3 Å². The molecule has 0 bridgehead atoms. The summed E-state index contributed by atoms with van der Waals surface area (Å²) in [7, 11) is 4.17. The average molecular weight is 334 g/mol. The molecule has 22 heavy (non-hydrogen) atoms. The Morgan fingerprint density at radius 3 is 2.00 bits per heavy atom. The van der Waals surface area contributed by atoms with Crippen LogP contribution in [0.5, 0.6) is 17.2 Å². The van der Waals surface area contributed by atoms with E-state index in [1.165, 1.54) is 33.5 Å². The van der Waals surface area contributed by atoms with E-state index in [-0.39, 0.29) is 27.1 Å². The van der Waals surface area contributed by atoms with Crippen LogP contribution in [0, 0.1) is 0 Å². The number of methoxy groups -OCH3 is 3. The van der Waals surface area contributed by atoms with Crippen molar-refractivity contribution >= 4 is 16.5 Å². The van der Waals surface area contributed by atoms with Gasteiger partial charge in [0.25, 0.3) is 0 Å². The summed E-state index contributed by atoms with van der Waals surface area (Å²) in [5.74, 6) is 0.786. The first-order chi connectivity index (χ1) is 10.3.